The summed E-state index contributed by atoms with van der Waals surface area (Å²) in [7, 11) is 0. The lowest BCUT2D eigenvalue weighted by Crippen LogP contribution is -2.04. The van der Waals surface area contributed by atoms with Gasteiger partial charge >= 0.3 is 0 Å². The van der Waals surface area contributed by atoms with Crippen molar-refractivity contribution >= 4 is 0 Å². The summed E-state index contributed by atoms with van der Waals surface area (Å²) in [6, 6.07) is 19.3. The van der Waals surface area contributed by atoms with Crippen LogP contribution in [0, 0.1) is 0 Å². The summed E-state index contributed by atoms with van der Waals surface area (Å²) in [5.74, 6) is 1.89. The van der Waals surface area contributed by atoms with E-state index in [1.807, 2.05) is 12.1 Å². The number of phenolic OH excluding ortho intramolecular Hbond substituents is 1. The average Bonchev–Trinajstić information content (AvgIpc) is 2.72. The van der Waals surface area contributed by atoms with Gasteiger partial charge in [-0.1, -0.05) is 104 Å². The highest BCUT2D eigenvalue weighted by atomic mass is 16.3. The Morgan fingerprint density at radius 3 is 1.19 bits per heavy atom. The molecule has 0 aliphatic rings. The second kappa shape index (κ2) is 9.30. The minimum absolute atomic E-state index is 0.362. The number of rotatable bonds is 6. The number of phenols is 1. The lowest BCUT2D eigenvalue weighted by Gasteiger charge is -2.26. The molecule has 0 unspecified atom stereocenters. The zero-order chi connectivity index (χ0) is 22.9. The molecule has 1 nitrogen and oxygen atoms in total. The molecule has 0 aliphatic carbocycles. The van der Waals surface area contributed by atoms with Crippen LogP contribution >= 0.6 is 0 Å². The van der Waals surface area contributed by atoms with Gasteiger partial charge in [0.1, 0.15) is 5.75 Å². The van der Waals surface area contributed by atoms with Gasteiger partial charge in [0.2, 0.25) is 0 Å². The molecule has 164 valence electrons. The van der Waals surface area contributed by atoms with Gasteiger partial charge in [-0.25, -0.2) is 0 Å². The van der Waals surface area contributed by atoms with Crippen molar-refractivity contribution in [1.82, 2.24) is 0 Å². The fourth-order valence-electron chi connectivity index (χ4n) is 4.71. The van der Waals surface area contributed by atoms with E-state index in [9.17, 15) is 5.11 Å². The van der Waals surface area contributed by atoms with Crippen molar-refractivity contribution < 1.29 is 5.11 Å². The van der Waals surface area contributed by atoms with Crippen LogP contribution in [0.2, 0.25) is 0 Å². The predicted octanol–water partition coefficient (Wildman–Crippen LogP) is 9.22. The number of hydrogen-bond donors (Lipinski definition) is 1. The normalized spacial score (nSPS) is 11.9. The van der Waals surface area contributed by atoms with Crippen LogP contribution in [0.25, 0.3) is 22.3 Å². The second-order valence-corrected chi connectivity index (χ2v) is 9.94. The third-order valence-corrected chi connectivity index (χ3v) is 6.31. The zero-order valence-corrected chi connectivity index (χ0v) is 20.5. The van der Waals surface area contributed by atoms with E-state index in [2.05, 4.69) is 97.9 Å². The molecule has 0 atom stereocenters. The Morgan fingerprint density at radius 1 is 0.452 bits per heavy atom. The van der Waals surface area contributed by atoms with Gasteiger partial charge in [-0.2, -0.15) is 0 Å². The maximum Gasteiger partial charge on any atom is 0.124 e. The van der Waals surface area contributed by atoms with Crippen LogP contribution in [-0.4, -0.2) is 5.11 Å². The molecule has 0 spiro atoms. The van der Waals surface area contributed by atoms with Crippen LogP contribution < -0.4 is 0 Å². The Labute approximate surface area is 189 Å². The summed E-state index contributed by atoms with van der Waals surface area (Å²) in [6.07, 6.45) is 0. The second-order valence-electron chi connectivity index (χ2n) is 9.94. The number of hydrogen-bond acceptors (Lipinski definition) is 1. The van der Waals surface area contributed by atoms with Crippen molar-refractivity contribution in [3.05, 3.63) is 76.9 Å². The molecular weight excluding hydrogens is 376 g/mol. The average molecular weight is 415 g/mol. The van der Waals surface area contributed by atoms with E-state index in [4.69, 9.17) is 0 Å². The molecular formula is C30H38O. The Hall–Kier alpha value is -2.54. The molecule has 0 amide bonds. The first-order chi connectivity index (χ1) is 14.6. The van der Waals surface area contributed by atoms with E-state index in [1.165, 1.54) is 33.4 Å². The molecule has 3 rings (SSSR count). The summed E-state index contributed by atoms with van der Waals surface area (Å²) in [6.45, 7) is 18.0. The molecule has 0 aliphatic heterocycles. The first-order valence-electron chi connectivity index (χ1n) is 11.7. The third kappa shape index (κ3) is 4.42. The van der Waals surface area contributed by atoms with Crippen molar-refractivity contribution in [2.45, 2.75) is 79.1 Å². The van der Waals surface area contributed by atoms with E-state index in [0.717, 1.165) is 11.1 Å². The highest BCUT2D eigenvalue weighted by Crippen LogP contribution is 2.48. The predicted molar refractivity (Wildman–Crippen MR) is 135 cm³/mol. The van der Waals surface area contributed by atoms with E-state index in [0.29, 0.717) is 29.4 Å². The van der Waals surface area contributed by atoms with E-state index >= 15 is 0 Å². The van der Waals surface area contributed by atoms with Crippen molar-refractivity contribution in [3.63, 3.8) is 0 Å². The lowest BCUT2D eigenvalue weighted by atomic mass is 9.78. The van der Waals surface area contributed by atoms with Crippen molar-refractivity contribution in [1.29, 1.82) is 0 Å². The van der Waals surface area contributed by atoms with Crippen molar-refractivity contribution in [3.8, 4) is 28.0 Å². The van der Waals surface area contributed by atoms with Crippen LogP contribution in [0.15, 0.2) is 54.6 Å². The molecule has 1 N–H and O–H groups in total. The van der Waals surface area contributed by atoms with Gasteiger partial charge in [0.15, 0.2) is 0 Å². The van der Waals surface area contributed by atoms with Gasteiger partial charge < -0.3 is 5.11 Å². The molecule has 0 bridgehead atoms. The van der Waals surface area contributed by atoms with Crippen LogP contribution in [-0.2, 0) is 0 Å². The Bertz CT molecular complexity index is 1000. The third-order valence-electron chi connectivity index (χ3n) is 6.31. The number of benzene rings is 3. The molecule has 31 heavy (non-hydrogen) atoms. The van der Waals surface area contributed by atoms with Gasteiger partial charge in [0.05, 0.1) is 0 Å². The first kappa shape index (κ1) is 23.1. The minimum atomic E-state index is 0.362. The topological polar surface area (TPSA) is 20.2 Å². The zero-order valence-electron chi connectivity index (χ0n) is 20.5. The summed E-state index contributed by atoms with van der Waals surface area (Å²) >= 11 is 0. The molecule has 0 heterocycles. The monoisotopic (exact) mass is 414 g/mol. The maximum atomic E-state index is 11.3. The van der Waals surface area contributed by atoms with Gasteiger partial charge in [-0.05, 0) is 68.7 Å². The standard InChI is InChI=1S/C30H38O/c1-18(2)22-12-9-13-23(19(3)4)28(22)26-16-11-17-27(31)30(26)29-24(20(5)6)14-10-15-25(29)21(7)8/h9-21,31H,1-8H3. The van der Waals surface area contributed by atoms with Crippen LogP contribution in [0.3, 0.4) is 0 Å². The van der Waals surface area contributed by atoms with Crippen LogP contribution in [0.5, 0.6) is 5.75 Å². The Kier molecular flexibility index (Phi) is 6.94. The van der Waals surface area contributed by atoms with Crippen molar-refractivity contribution in [2.75, 3.05) is 0 Å². The fourth-order valence-corrected chi connectivity index (χ4v) is 4.71. The molecule has 0 radical (unpaired) electrons. The smallest absolute Gasteiger partial charge is 0.124 e. The molecule has 0 saturated carbocycles. The van der Waals surface area contributed by atoms with E-state index in [-0.39, 0.29) is 0 Å². The summed E-state index contributed by atoms with van der Waals surface area (Å²) in [5.41, 5.74) is 9.87. The van der Waals surface area contributed by atoms with Crippen LogP contribution in [0.1, 0.15) is 101 Å². The summed E-state index contributed by atoms with van der Waals surface area (Å²) < 4.78 is 0. The largest absolute Gasteiger partial charge is 0.507 e. The SMILES string of the molecule is CC(C)c1cccc(C(C)C)c1-c1cccc(O)c1-c1c(C(C)C)cccc1C(C)C. The summed E-state index contributed by atoms with van der Waals surface area (Å²) in [5, 5.41) is 11.3. The highest BCUT2D eigenvalue weighted by Gasteiger charge is 2.24. The fraction of sp³-hybridized carbons (Fsp3) is 0.400. The first-order valence-corrected chi connectivity index (χ1v) is 11.7. The molecule has 3 aromatic rings. The van der Waals surface area contributed by atoms with Gasteiger partial charge in [-0.15, -0.1) is 0 Å². The molecule has 0 fully saturated rings. The maximum absolute atomic E-state index is 11.3. The molecule has 0 aromatic heterocycles. The Morgan fingerprint density at radius 2 is 0.806 bits per heavy atom. The highest BCUT2D eigenvalue weighted by molar-refractivity contribution is 5.92. The van der Waals surface area contributed by atoms with Crippen LogP contribution in [0.4, 0.5) is 0 Å². The molecule has 0 saturated heterocycles. The van der Waals surface area contributed by atoms with Crippen molar-refractivity contribution in [2.24, 2.45) is 0 Å². The van der Waals surface area contributed by atoms with Gasteiger partial charge in [-0.3, -0.25) is 0 Å². The molecule has 1 heteroatoms. The number of aromatic hydroxyl groups is 1. The lowest BCUT2D eigenvalue weighted by molar-refractivity contribution is 0.477. The summed E-state index contributed by atoms with van der Waals surface area (Å²) in [4.78, 5) is 0. The van der Waals surface area contributed by atoms with Gasteiger partial charge in [0.25, 0.3) is 0 Å². The van der Waals surface area contributed by atoms with Gasteiger partial charge in [0, 0.05) is 5.56 Å². The minimum Gasteiger partial charge on any atom is -0.507 e. The van der Waals surface area contributed by atoms with E-state index in [1.54, 1.807) is 0 Å². The molecule has 3 aromatic carbocycles. The quantitative estimate of drug-likeness (QED) is 0.426. The van der Waals surface area contributed by atoms with E-state index < -0.39 is 0 Å². The Balaban J connectivity index is 2.50.